The Balaban J connectivity index is 1.89. The summed E-state index contributed by atoms with van der Waals surface area (Å²) in [6, 6.07) is 9.18. The van der Waals surface area contributed by atoms with Gasteiger partial charge in [-0.25, -0.2) is 0 Å². The Morgan fingerprint density at radius 3 is 2.81 bits per heavy atom. The molecule has 1 aliphatic carbocycles. The highest BCUT2D eigenvalue weighted by atomic mass is 35.5. The van der Waals surface area contributed by atoms with Crippen LogP contribution in [-0.4, -0.2) is 16.3 Å². The normalized spacial score (nSPS) is 20.8. The van der Waals surface area contributed by atoms with Crippen LogP contribution >= 0.6 is 11.6 Å². The van der Waals surface area contributed by atoms with Gasteiger partial charge in [-0.3, -0.25) is 4.68 Å². The van der Waals surface area contributed by atoms with Crippen molar-refractivity contribution in [3.05, 3.63) is 51.8 Å². The second-order valence-corrected chi connectivity index (χ2v) is 6.24. The van der Waals surface area contributed by atoms with Crippen LogP contribution < -0.4 is 5.32 Å². The van der Waals surface area contributed by atoms with Crippen molar-refractivity contribution in [2.24, 2.45) is 13.0 Å². The maximum absolute atomic E-state index is 6.41. The van der Waals surface area contributed by atoms with E-state index < -0.39 is 0 Å². The van der Waals surface area contributed by atoms with Gasteiger partial charge in [-0.05, 0) is 43.4 Å². The summed E-state index contributed by atoms with van der Waals surface area (Å²) in [5, 5.41) is 8.86. The van der Waals surface area contributed by atoms with Gasteiger partial charge < -0.3 is 5.32 Å². The molecule has 2 unspecified atom stereocenters. The molecule has 0 amide bonds. The highest BCUT2D eigenvalue weighted by Gasteiger charge is 2.32. The molecule has 1 N–H and O–H groups in total. The Labute approximate surface area is 131 Å². The van der Waals surface area contributed by atoms with Gasteiger partial charge in [0.05, 0.1) is 5.69 Å². The number of fused-ring (bicyclic) bond motifs is 1. The second-order valence-electron chi connectivity index (χ2n) is 5.88. The molecule has 0 spiro atoms. The van der Waals surface area contributed by atoms with Crippen molar-refractivity contribution in [2.75, 3.05) is 6.54 Å². The summed E-state index contributed by atoms with van der Waals surface area (Å²) in [5.41, 5.74) is 5.15. The number of nitrogens with one attached hydrogen (secondary N) is 1. The first-order valence-electron chi connectivity index (χ1n) is 7.61. The zero-order valence-corrected chi connectivity index (χ0v) is 13.6. The molecule has 21 heavy (non-hydrogen) atoms. The van der Waals surface area contributed by atoms with Crippen molar-refractivity contribution in [3.8, 4) is 0 Å². The molecular weight excluding hydrogens is 282 g/mol. The first-order valence-corrected chi connectivity index (χ1v) is 7.98. The Morgan fingerprint density at radius 2 is 2.14 bits per heavy atom. The summed E-state index contributed by atoms with van der Waals surface area (Å²) in [4.78, 5) is 0. The van der Waals surface area contributed by atoms with E-state index in [-0.39, 0.29) is 0 Å². The topological polar surface area (TPSA) is 29.9 Å². The van der Waals surface area contributed by atoms with E-state index in [1.807, 2.05) is 14.0 Å². The fraction of sp³-hybridized carbons (Fsp3) is 0.471. The molecule has 0 fully saturated rings. The predicted molar refractivity (Wildman–Crippen MR) is 86.7 cm³/mol. The van der Waals surface area contributed by atoms with Gasteiger partial charge in [-0.15, -0.1) is 0 Å². The lowest BCUT2D eigenvalue weighted by Crippen LogP contribution is -2.26. The molecule has 1 aromatic carbocycles. The van der Waals surface area contributed by atoms with Crippen LogP contribution in [0.2, 0.25) is 5.15 Å². The number of halogens is 1. The summed E-state index contributed by atoms with van der Waals surface area (Å²) in [6.45, 7) is 5.20. The minimum atomic E-state index is 0.418. The van der Waals surface area contributed by atoms with E-state index in [9.17, 15) is 0 Å². The Bertz CT molecular complexity index is 647. The minimum absolute atomic E-state index is 0.418. The largest absolute Gasteiger partial charge is 0.310 e. The summed E-state index contributed by atoms with van der Waals surface area (Å²) < 4.78 is 1.77. The van der Waals surface area contributed by atoms with Crippen LogP contribution in [0.4, 0.5) is 0 Å². The van der Waals surface area contributed by atoms with Crippen LogP contribution in [0.3, 0.4) is 0 Å². The lowest BCUT2D eigenvalue weighted by Gasteiger charge is -2.21. The second kappa shape index (κ2) is 5.82. The standard InChI is InChI=1S/C17H22ClN3/c1-4-19-16-13(9-12-7-5-6-8-14(12)16)10-15-11(2)20-21(3)17(15)18/h5-8,13,16,19H,4,9-10H2,1-3H3. The van der Waals surface area contributed by atoms with Gasteiger partial charge in [0.1, 0.15) is 5.15 Å². The summed E-state index contributed by atoms with van der Waals surface area (Å²) in [5.74, 6) is 0.544. The molecule has 0 saturated carbocycles. The lowest BCUT2D eigenvalue weighted by molar-refractivity contribution is 0.393. The van der Waals surface area contributed by atoms with Crippen LogP contribution in [0.1, 0.15) is 35.3 Å². The highest BCUT2D eigenvalue weighted by Crippen LogP contribution is 2.39. The maximum atomic E-state index is 6.41. The third-order valence-electron chi connectivity index (χ3n) is 4.50. The molecule has 1 heterocycles. The molecule has 1 aliphatic rings. The Kier molecular flexibility index (Phi) is 4.05. The molecule has 0 radical (unpaired) electrons. The van der Waals surface area contributed by atoms with E-state index in [1.165, 1.54) is 16.7 Å². The van der Waals surface area contributed by atoms with Gasteiger partial charge >= 0.3 is 0 Å². The monoisotopic (exact) mass is 303 g/mol. The van der Waals surface area contributed by atoms with Gasteiger partial charge in [0, 0.05) is 18.7 Å². The average Bonchev–Trinajstić information content (AvgIpc) is 2.93. The molecule has 2 atom stereocenters. The summed E-state index contributed by atoms with van der Waals surface area (Å²) in [6.07, 6.45) is 2.09. The van der Waals surface area contributed by atoms with Gasteiger partial charge in [0.2, 0.25) is 0 Å². The van der Waals surface area contributed by atoms with Crippen molar-refractivity contribution in [1.29, 1.82) is 0 Å². The predicted octanol–water partition coefficient (Wildman–Crippen LogP) is 3.45. The third kappa shape index (κ3) is 2.60. The molecule has 2 aromatic rings. The lowest BCUT2D eigenvalue weighted by atomic mass is 9.93. The van der Waals surface area contributed by atoms with Crippen LogP contribution in [0.5, 0.6) is 0 Å². The number of benzene rings is 1. The fourth-order valence-electron chi connectivity index (χ4n) is 3.53. The van der Waals surface area contributed by atoms with Gasteiger partial charge in [0.25, 0.3) is 0 Å². The smallest absolute Gasteiger partial charge is 0.130 e. The van der Waals surface area contributed by atoms with Crippen LogP contribution in [0.15, 0.2) is 24.3 Å². The summed E-state index contributed by atoms with van der Waals surface area (Å²) >= 11 is 6.41. The zero-order chi connectivity index (χ0) is 15.0. The van der Waals surface area contributed by atoms with E-state index in [0.29, 0.717) is 12.0 Å². The van der Waals surface area contributed by atoms with E-state index in [1.54, 1.807) is 4.68 Å². The number of rotatable bonds is 4. The number of aryl methyl sites for hydroxylation is 2. The van der Waals surface area contributed by atoms with E-state index in [0.717, 1.165) is 30.2 Å². The molecule has 3 nitrogen and oxygen atoms in total. The quantitative estimate of drug-likeness (QED) is 0.937. The zero-order valence-electron chi connectivity index (χ0n) is 12.9. The van der Waals surface area contributed by atoms with E-state index >= 15 is 0 Å². The highest BCUT2D eigenvalue weighted by molar-refractivity contribution is 6.30. The van der Waals surface area contributed by atoms with E-state index in [2.05, 4.69) is 41.6 Å². The molecule has 1 aromatic heterocycles. The third-order valence-corrected chi connectivity index (χ3v) is 4.98. The van der Waals surface area contributed by atoms with Gasteiger partial charge in [-0.1, -0.05) is 42.8 Å². The molecule has 0 saturated heterocycles. The minimum Gasteiger partial charge on any atom is -0.310 e. The molecule has 0 aliphatic heterocycles. The molecule has 112 valence electrons. The maximum Gasteiger partial charge on any atom is 0.130 e. The van der Waals surface area contributed by atoms with Gasteiger partial charge in [-0.2, -0.15) is 5.10 Å². The fourth-order valence-corrected chi connectivity index (χ4v) is 3.78. The first kappa shape index (κ1) is 14.6. The number of aromatic nitrogens is 2. The molecular formula is C17H22ClN3. The number of hydrogen-bond donors (Lipinski definition) is 1. The van der Waals surface area contributed by atoms with Crippen molar-refractivity contribution in [2.45, 2.75) is 32.7 Å². The Morgan fingerprint density at radius 1 is 1.38 bits per heavy atom. The van der Waals surface area contributed by atoms with Crippen LogP contribution in [-0.2, 0) is 19.9 Å². The average molecular weight is 304 g/mol. The van der Waals surface area contributed by atoms with Gasteiger partial charge in [0.15, 0.2) is 0 Å². The molecule has 0 bridgehead atoms. The van der Waals surface area contributed by atoms with Crippen molar-refractivity contribution >= 4 is 11.6 Å². The van der Waals surface area contributed by atoms with Crippen LogP contribution in [0, 0.1) is 12.8 Å². The van der Waals surface area contributed by atoms with E-state index in [4.69, 9.17) is 11.6 Å². The van der Waals surface area contributed by atoms with Crippen LogP contribution in [0.25, 0.3) is 0 Å². The molecule has 4 heteroatoms. The number of hydrogen-bond acceptors (Lipinski definition) is 2. The summed E-state index contributed by atoms with van der Waals surface area (Å²) in [7, 11) is 1.91. The van der Waals surface area contributed by atoms with Crippen molar-refractivity contribution < 1.29 is 0 Å². The van der Waals surface area contributed by atoms with Crippen molar-refractivity contribution in [3.63, 3.8) is 0 Å². The SMILES string of the molecule is CCNC1c2ccccc2CC1Cc1c(C)nn(C)c1Cl. The first-order chi connectivity index (χ1) is 10.1. The Hall–Kier alpha value is -1.32. The van der Waals surface area contributed by atoms with Crippen molar-refractivity contribution in [1.82, 2.24) is 15.1 Å². The number of nitrogens with zero attached hydrogens (tertiary/aromatic N) is 2. The molecule has 3 rings (SSSR count).